The Balaban J connectivity index is 4.01. The lowest BCUT2D eigenvalue weighted by Gasteiger charge is -1.84. The van der Waals surface area contributed by atoms with Gasteiger partial charge in [-0.05, 0) is 31.6 Å². The van der Waals surface area contributed by atoms with Crippen LogP contribution in [0.5, 0.6) is 0 Å². The van der Waals surface area contributed by atoms with Gasteiger partial charge in [0.15, 0.2) is 5.78 Å². The summed E-state index contributed by atoms with van der Waals surface area (Å²) in [6.45, 7) is 3.33. The first-order chi connectivity index (χ1) is 4.66. The quantitative estimate of drug-likeness (QED) is 0.359. The van der Waals surface area contributed by atoms with Crippen LogP contribution in [0.4, 0.5) is 0 Å². The number of hydrogen-bond acceptors (Lipinski definition) is 2. The van der Waals surface area contributed by atoms with Gasteiger partial charge in [0.2, 0.25) is 0 Å². The maximum atomic E-state index is 10.4. The van der Waals surface area contributed by atoms with Crippen LogP contribution in [-0.2, 0) is 4.79 Å². The fourth-order valence-corrected chi connectivity index (χ4v) is 0.436. The normalized spacial score (nSPS) is 12.0. The SMILES string of the molecule is CC(=O)/C=C/C(C)=C\C=N. The van der Waals surface area contributed by atoms with Gasteiger partial charge in [0, 0.05) is 6.21 Å². The summed E-state index contributed by atoms with van der Waals surface area (Å²) in [6.07, 6.45) is 5.99. The highest BCUT2D eigenvalue weighted by atomic mass is 16.1. The molecule has 0 saturated carbocycles. The molecule has 0 spiro atoms. The zero-order valence-corrected chi connectivity index (χ0v) is 6.22. The van der Waals surface area contributed by atoms with Gasteiger partial charge in [-0.3, -0.25) is 4.79 Å². The highest BCUT2D eigenvalue weighted by Gasteiger charge is 1.81. The molecule has 0 bridgehead atoms. The summed E-state index contributed by atoms with van der Waals surface area (Å²) in [5.74, 6) is 0.0257. The lowest BCUT2D eigenvalue weighted by molar-refractivity contribution is -0.112. The third kappa shape index (κ3) is 4.97. The Kier molecular flexibility index (Phi) is 4.12. The van der Waals surface area contributed by atoms with E-state index >= 15 is 0 Å². The fraction of sp³-hybridized carbons (Fsp3) is 0.250. The molecule has 0 aliphatic rings. The van der Waals surface area contributed by atoms with Crippen LogP contribution >= 0.6 is 0 Å². The topological polar surface area (TPSA) is 40.9 Å². The van der Waals surface area contributed by atoms with E-state index in [1.807, 2.05) is 6.92 Å². The van der Waals surface area contributed by atoms with E-state index in [9.17, 15) is 4.79 Å². The summed E-state index contributed by atoms with van der Waals surface area (Å²) < 4.78 is 0. The zero-order chi connectivity index (χ0) is 7.98. The van der Waals surface area contributed by atoms with E-state index in [4.69, 9.17) is 5.41 Å². The predicted molar refractivity (Wildman–Crippen MR) is 42.4 cm³/mol. The Labute approximate surface area is 60.8 Å². The van der Waals surface area contributed by atoms with Crippen LogP contribution in [0.2, 0.25) is 0 Å². The van der Waals surface area contributed by atoms with Gasteiger partial charge in [0.25, 0.3) is 0 Å². The van der Waals surface area contributed by atoms with Crippen molar-refractivity contribution in [3.63, 3.8) is 0 Å². The standard InChI is InChI=1S/C8H11NO/c1-7(5-6-9)3-4-8(2)10/h3-6,9H,1-2H3/b4-3+,7-5-,9-6?. The zero-order valence-electron chi connectivity index (χ0n) is 6.22. The van der Waals surface area contributed by atoms with Gasteiger partial charge >= 0.3 is 0 Å². The van der Waals surface area contributed by atoms with Crippen LogP contribution in [0.1, 0.15) is 13.8 Å². The summed E-state index contributed by atoms with van der Waals surface area (Å²) >= 11 is 0. The molecule has 2 heteroatoms. The van der Waals surface area contributed by atoms with Gasteiger partial charge in [-0.15, -0.1) is 0 Å². The van der Waals surface area contributed by atoms with Crippen molar-refractivity contribution in [2.24, 2.45) is 0 Å². The van der Waals surface area contributed by atoms with Crippen LogP contribution in [0.25, 0.3) is 0 Å². The van der Waals surface area contributed by atoms with Crippen molar-refractivity contribution >= 4 is 12.0 Å². The molecule has 0 aliphatic carbocycles. The molecule has 0 heterocycles. The molecule has 0 fully saturated rings. The largest absolute Gasteiger partial charge is 0.309 e. The van der Waals surface area contributed by atoms with Crippen LogP contribution in [-0.4, -0.2) is 12.0 Å². The molecule has 0 unspecified atom stereocenters. The second kappa shape index (κ2) is 4.68. The lowest BCUT2D eigenvalue weighted by Crippen LogP contribution is -1.80. The van der Waals surface area contributed by atoms with Crippen LogP contribution in [0, 0.1) is 5.41 Å². The van der Waals surface area contributed by atoms with Crippen molar-refractivity contribution in [3.05, 3.63) is 23.8 Å². The molecule has 1 N–H and O–H groups in total. The van der Waals surface area contributed by atoms with Crippen LogP contribution in [0.15, 0.2) is 23.8 Å². The van der Waals surface area contributed by atoms with E-state index in [-0.39, 0.29) is 5.78 Å². The molecule has 10 heavy (non-hydrogen) atoms. The van der Waals surface area contributed by atoms with Gasteiger partial charge in [-0.25, -0.2) is 0 Å². The van der Waals surface area contributed by atoms with E-state index < -0.39 is 0 Å². The first-order valence-corrected chi connectivity index (χ1v) is 3.03. The van der Waals surface area contributed by atoms with Crippen molar-refractivity contribution in [2.75, 3.05) is 0 Å². The van der Waals surface area contributed by atoms with Gasteiger partial charge in [0.1, 0.15) is 0 Å². The number of carbonyl (C=O) groups is 1. The average Bonchev–Trinajstić information content (AvgIpc) is 1.85. The van der Waals surface area contributed by atoms with E-state index in [1.165, 1.54) is 19.2 Å². The number of ketones is 1. The second-order valence-corrected chi connectivity index (χ2v) is 2.02. The summed E-state index contributed by atoms with van der Waals surface area (Å²) in [7, 11) is 0. The highest BCUT2D eigenvalue weighted by molar-refractivity contribution is 5.87. The maximum absolute atomic E-state index is 10.4. The minimum atomic E-state index is 0.0257. The molecular weight excluding hydrogens is 126 g/mol. The lowest BCUT2D eigenvalue weighted by atomic mass is 10.2. The van der Waals surface area contributed by atoms with E-state index in [0.717, 1.165) is 5.57 Å². The second-order valence-electron chi connectivity index (χ2n) is 2.02. The van der Waals surface area contributed by atoms with Crippen molar-refractivity contribution in [1.29, 1.82) is 5.41 Å². The minimum Gasteiger partial charge on any atom is -0.309 e. The van der Waals surface area contributed by atoms with Crippen LogP contribution < -0.4 is 0 Å². The summed E-state index contributed by atoms with van der Waals surface area (Å²) in [5, 5.41) is 6.70. The number of nitrogens with one attached hydrogen (secondary N) is 1. The number of rotatable bonds is 3. The molecule has 0 atom stereocenters. The van der Waals surface area contributed by atoms with Gasteiger partial charge in [-0.2, -0.15) is 0 Å². The van der Waals surface area contributed by atoms with E-state index in [2.05, 4.69) is 0 Å². The first kappa shape index (κ1) is 8.82. The van der Waals surface area contributed by atoms with Crippen molar-refractivity contribution in [2.45, 2.75) is 13.8 Å². The van der Waals surface area contributed by atoms with E-state index in [1.54, 1.807) is 12.2 Å². The molecule has 0 amide bonds. The molecule has 0 radical (unpaired) electrons. The fourth-order valence-electron chi connectivity index (χ4n) is 0.436. The molecule has 2 nitrogen and oxygen atoms in total. The van der Waals surface area contributed by atoms with Gasteiger partial charge in [-0.1, -0.05) is 6.08 Å². The Hall–Kier alpha value is -1.18. The molecular formula is C8H11NO. The molecule has 0 aliphatic heterocycles. The predicted octanol–water partition coefficient (Wildman–Crippen LogP) is 1.73. The Morgan fingerprint density at radius 3 is 2.30 bits per heavy atom. The number of carbonyl (C=O) groups excluding carboxylic acids is 1. The molecule has 0 aromatic rings. The van der Waals surface area contributed by atoms with Gasteiger partial charge in [0.05, 0.1) is 0 Å². The van der Waals surface area contributed by atoms with Crippen molar-refractivity contribution in [3.8, 4) is 0 Å². The molecule has 0 saturated heterocycles. The third-order valence-electron chi connectivity index (χ3n) is 0.927. The van der Waals surface area contributed by atoms with Gasteiger partial charge < -0.3 is 5.41 Å². The Bertz CT molecular complexity index is 189. The number of hydrogen-bond donors (Lipinski definition) is 1. The molecule has 0 aromatic heterocycles. The molecule has 0 aromatic carbocycles. The minimum absolute atomic E-state index is 0.0257. The number of allylic oxidation sites excluding steroid dienone is 4. The Morgan fingerprint density at radius 2 is 1.90 bits per heavy atom. The highest BCUT2D eigenvalue weighted by Crippen LogP contribution is 1.92. The summed E-state index contributed by atoms with van der Waals surface area (Å²) in [5.41, 5.74) is 0.908. The smallest absolute Gasteiger partial charge is 0.152 e. The van der Waals surface area contributed by atoms with Crippen molar-refractivity contribution < 1.29 is 4.79 Å². The maximum Gasteiger partial charge on any atom is 0.152 e. The average molecular weight is 137 g/mol. The first-order valence-electron chi connectivity index (χ1n) is 3.03. The monoisotopic (exact) mass is 137 g/mol. The van der Waals surface area contributed by atoms with Crippen molar-refractivity contribution in [1.82, 2.24) is 0 Å². The third-order valence-corrected chi connectivity index (χ3v) is 0.927. The summed E-state index contributed by atoms with van der Waals surface area (Å²) in [6, 6.07) is 0. The van der Waals surface area contributed by atoms with E-state index in [0.29, 0.717) is 0 Å². The summed E-state index contributed by atoms with van der Waals surface area (Å²) in [4.78, 5) is 10.4. The molecule has 54 valence electrons. The Morgan fingerprint density at radius 1 is 1.30 bits per heavy atom. The molecule has 0 rings (SSSR count). The van der Waals surface area contributed by atoms with Crippen LogP contribution in [0.3, 0.4) is 0 Å².